The highest BCUT2D eigenvalue weighted by Gasteiger charge is 2.23. The van der Waals surface area contributed by atoms with Crippen LogP contribution < -0.4 is 16.2 Å². The predicted octanol–water partition coefficient (Wildman–Crippen LogP) is 0.778. The zero-order valence-corrected chi connectivity index (χ0v) is 14.2. The molecule has 3 N–H and O–H groups in total. The Bertz CT molecular complexity index is 786. The van der Waals surface area contributed by atoms with Gasteiger partial charge < -0.3 is 15.6 Å². The zero-order chi connectivity index (χ0) is 16.9. The number of rotatable bonds is 7. The second-order valence-corrected chi connectivity index (χ2v) is 7.09. The van der Waals surface area contributed by atoms with Crippen molar-refractivity contribution in [1.29, 1.82) is 0 Å². The van der Waals surface area contributed by atoms with Gasteiger partial charge in [-0.05, 0) is 12.8 Å². The van der Waals surface area contributed by atoms with Crippen molar-refractivity contribution in [3.63, 3.8) is 0 Å². The largest absolute Gasteiger partial charge is 0.353 e. The Morgan fingerprint density at radius 2 is 2.21 bits per heavy atom. The topological polar surface area (TPSA) is 117 Å². The average Bonchev–Trinajstić information content (AvgIpc) is 3.17. The van der Waals surface area contributed by atoms with Crippen LogP contribution in [0.2, 0.25) is 0 Å². The maximum atomic E-state index is 11.8. The Morgan fingerprint density at radius 3 is 2.92 bits per heavy atom. The van der Waals surface area contributed by atoms with E-state index in [1.807, 2.05) is 0 Å². The maximum Gasteiger partial charge on any atom is 0.251 e. The third kappa shape index (κ3) is 5.17. The first kappa shape index (κ1) is 16.7. The van der Waals surface area contributed by atoms with Gasteiger partial charge in [-0.2, -0.15) is 0 Å². The molecule has 2 aromatic rings. The van der Waals surface area contributed by atoms with E-state index in [1.54, 1.807) is 11.6 Å². The van der Waals surface area contributed by atoms with Crippen molar-refractivity contribution in [3.8, 4) is 0 Å². The smallest absolute Gasteiger partial charge is 0.251 e. The van der Waals surface area contributed by atoms with Gasteiger partial charge in [-0.1, -0.05) is 11.8 Å². The van der Waals surface area contributed by atoms with E-state index in [-0.39, 0.29) is 35.6 Å². The summed E-state index contributed by atoms with van der Waals surface area (Å²) in [5.41, 5.74) is 0.0433. The van der Waals surface area contributed by atoms with Crippen LogP contribution in [0, 0.1) is 0 Å². The van der Waals surface area contributed by atoms with Crippen LogP contribution >= 0.6 is 23.1 Å². The number of anilines is 1. The van der Waals surface area contributed by atoms with Crippen LogP contribution in [0.5, 0.6) is 0 Å². The van der Waals surface area contributed by atoms with Gasteiger partial charge in [0.15, 0.2) is 10.3 Å². The normalized spacial score (nSPS) is 13.5. The molecule has 3 rings (SSSR count). The van der Waals surface area contributed by atoms with Gasteiger partial charge in [0.05, 0.1) is 17.9 Å². The Morgan fingerprint density at radius 1 is 1.38 bits per heavy atom. The first-order chi connectivity index (χ1) is 11.6. The molecule has 24 heavy (non-hydrogen) atoms. The van der Waals surface area contributed by atoms with Crippen molar-refractivity contribution in [2.45, 2.75) is 30.5 Å². The van der Waals surface area contributed by atoms with E-state index in [4.69, 9.17) is 0 Å². The predicted molar refractivity (Wildman–Crippen MR) is 91.2 cm³/mol. The van der Waals surface area contributed by atoms with Crippen LogP contribution in [-0.2, 0) is 16.0 Å². The average molecular weight is 365 g/mol. The number of thiazole rings is 1. The van der Waals surface area contributed by atoms with Crippen molar-refractivity contribution in [2.24, 2.45) is 0 Å². The SMILES string of the molecule is O=C(CSc1nc(CC(=O)NC2CC2)cc(=O)[nH]1)Nc1nccs1. The van der Waals surface area contributed by atoms with Gasteiger partial charge in [0.25, 0.3) is 5.56 Å². The Labute approximate surface area is 145 Å². The van der Waals surface area contributed by atoms with Crippen molar-refractivity contribution in [1.82, 2.24) is 20.3 Å². The lowest BCUT2D eigenvalue weighted by Gasteiger charge is -2.05. The molecule has 1 saturated carbocycles. The van der Waals surface area contributed by atoms with Gasteiger partial charge in [0.2, 0.25) is 11.8 Å². The van der Waals surface area contributed by atoms with Crippen LogP contribution in [0.15, 0.2) is 27.6 Å². The molecule has 0 atom stereocenters. The lowest BCUT2D eigenvalue weighted by molar-refractivity contribution is -0.120. The standard InChI is InChI=1S/C14H15N5O3S2/c20-10(16-8-1-2-8)5-9-6-11(21)18-14(17-9)24-7-12(22)19-13-15-3-4-23-13/h3-4,6,8H,1-2,5,7H2,(H,16,20)(H,15,19,22)(H,17,18,21). The van der Waals surface area contributed by atoms with Crippen LogP contribution in [0.1, 0.15) is 18.5 Å². The fourth-order valence-electron chi connectivity index (χ4n) is 1.89. The summed E-state index contributed by atoms with van der Waals surface area (Å²) in [7, 11) is 0. The summed E-state index contributed by atoms with van der Waals surface area (Å²) in [5, 5.41) is 8.09. The van der Waals surface area contributed by atoms with Gasteiger partial charge in [-0.15, -0.1) is 11.3 Å². The quantitative estimate of drug-likeness (QED) is 0.493. The third-order valence-corrected chi connectivity index (χ3v) is 4.64. The van der Waals surface area contributed by atoms with Crippen LogP contribution in [0.4, 0.5) is 5.13 Å². The molecule has 2 heterocycles. The number of hydrogen-bond donors (Lipinski definition) is 3. The lowest BCUT2D eigenvalue weighted by Crippen LogP contribution is -2.28. The molecule has 0 aromatic carbocycles. The van der Waals surface area contributed by atoms with Crippen molar-refractivity contribution < 1.29 is 9.59 Å². The first-order valence-corrected chi connectivity index (χ1v) is 9.17. The molecule has 10 heteroatoms. The highest BCUT2D eigenvalue weighted by atomic mass is 32.2. The molecule has 126 valence electrons. The first-order valence-electron chi connectivity index (χ1n) is 7.30. The second kappa shape index (κ2) is 7.58. The summed E-state index contributed by atoms with van der Waals surface area (Å²) in [4.78, 5) is 46.0. The van der Waals surface area contributed by atoms with E-state index in [9.17, 15) is 14.4 Å². The number of aromatic nitrogens is 3. The van der Waals surface area contributed by atoms with Crippen LogP contribution in [-0.4, -0.2) is 38.6 Å². The highest BCUT2D eigenvalue weighted by molar-refractivity contribution is 7.99. The molecule has 0 unspecified atom stereocenters. The molecule has 0 spiro atoms. The fraction of sp³-hybridized carbons (Fsp3) is 0.357. The molecule has 0 saturated heterocycles. The number of amides is 2. The second-order valence-electron chi connectivity index (χ2n) is 5.23. The van der Waals surface area contributed by atoms with Gasteiger partial charge >= 0.3 is 0 Å². The van der Waals surface area contributed by atoms with Crippen molar-refractivity contribution in [3.05, 3.63) is 33.7 Å². The van der Waals surface area contributed by atoms with Crippen molar-refractivity contribution >= 4 is 40.0 Å². The highest BCUT2D eigenvalue weighted by Crippen LogP contribution is 2.19. The van der Waals surface area contributed by atoms with E-state index < -0.39 is 0 Å². The minimum Gasteiger partial charge on any atom is -0.353 e. The Hall–Kier alpha value is -2.20. The van der Waals surface area contributed by atoms with Gasteiger partial charge in [0.1, 0.15) is 0 Å². The number of carbonyl (C=O) groups excluding carboxylic acids is 2. The summed E-state index contributed by atoms with van der Waals surface area (Å²) in [6.07, 6.45) is 3.66. The van der Waals surface area contributed by atoms with Crippen molar-refractivity contribution in [2.75, 3.05) is 11.1 Å². The number of nitrogens with zero attached hydrogens (tertiary/aromatic N) is 2. The summed E-state index contributed by atoms with van der Waals surface area (Å²) in [6, 6.07) is 1.56. The molecule has 1 aliphatic rings. The molecule has 2 aromatic heterocycles. The number of hydrogen-bond acceptors (Lipinski definition) is 7. The zero-order valence-electron chi connectivity index (χ0n) is 12.6. The summed E-state index contributed by atoms with van der Waals surface area (Å²) >= 11 is 2.42. The molecule has 1 aliphatic carbocycles. The molecule has 0 aliphatic heterocycles. The number of aromatic amines is 1. The summed E-state index contributed by atoms with van der Waals surface area (Å²) < 4.78 is 0. The molecule has 1 fully saturated rings. The van der Waals surface area contributed by atoms with E-state index in [0.717, 1.165) is 24.6 Å². The number of carbonyl (C=O) groups is 2. The molecule has 0 bridgehead atoms. The lowest BCUT2D eigenvalue weighted by atomic mass is 10.3. The summed E-state index contributed by atoms with van der Waals surface area (Å²) in [5.74, 6) is -0.303. The van der Waals surface area contributed by atoms with Gasteiger partial charge in [0, 0.05) is 23.7 Å². The summed E-state index contributed by atoms with van der Waals surface area (Å²) in [6.45, 7) is 0. The minimum atomic E-state index is -0.345. The number of H-pyrrole nitrogens is 1. The Kier molecular flexibility index (Phi) is 5.26. The molecular weight excluding hydrogens is 350 g/mol. The molecular formula is C14H15N5O3S2. The number of nitrogens with one attached hydrogen (secondary N) is 3. The number of thioether (sulfide) groups is 1. The monoisotopic (exact) mass is 365 g/mol. The maximum absolute atomic E-state index is 11.8. The van der Waals surface area contributed by atoms with E-state index >= 15 is 0 Å². The third-order valence-electron chi connectivity index (χ3n) is 3.08. The van der Waals surface area contributed by atoms with Crippen LogP contribution in [0.3, 0.4) is 0 Å². The van der Waals surface area contributed by atoms with E-state index in [1.165, 1.54) is 17.4 Å². The van der Waals surface area contributed by atoms with E-state index in [0.29, 0.717) is 16.0 Å². The molecule has 8 nitrogen and oxygen atoms in total. The van der Waals surface area contributed by atoms with Gasteiger partial charge in [-0.25, -0.2) is 9.97 Å². The van der Waals surface area contributed by atoms with E-state index in [2.05, 4.69) is 25.6 Å². The molecule has 2 amide bonds. The Balaban J connectivity index is 1.55. The molecule has 0 radical (unpaired) electrons. The van der Waals surface area contributed by atoms with Crippen LogP contribution in [0.25, 0.3) is 0 Å². The minimum absolute atomic E-state index is 0.0549. The fourth-order valence-corrected chi connectivity index (χ4v) is 3.13. The van der Waals surface area contributed by atoms with Gasteiger partial charge in [-0.3, -0.25) is 14.4 Å².